The summed E-state index contributed by atoms with van der Waals surface area (Å²) >= 11 is 3.52. The van der Waals surface area contributed by atoms with Crippen molar-refractivity contribution in [2.75, 3.05) is 0 Å². The molecule has 3 atom stereocenters. The Labute approximate surface area is 120 Å². The number of carboxylic acid groups (broad SMARTS) is 1. The molecule has 0 amide bonds. The van der Waals surface area contributed by atoms with Crippen LogP contribution in [-0.2, 0) is 16.0 Å². The number of carbonyl (C=O) groups is 1. The van der Waals surface area contributed by atoms with Gasteiger partial charge in [-0.2, -0.15) is 0 Å². The summed E-state index contributed by atoms with van der Waals surface area (Å²) in [6, 6.07) is 6.63. The number of alkyl halides is 1. The van der Waals surface area contributed by atoms with Gasteiger partial charge in [-0.05, 0) is 30.5 Å². The number of halogens is 1. The number of phenols is 1. The van der Waals surface area contributed by atoms with Crippen LogP contribution in [0.2, 0.25) is 0 Å². The van der Waals surface area contributed by atoms with E-state index in [1.807, 2.05) is 0 Å². The topological polar surface area (TPSA) is 66.8 Å². The number of aromatic hydroxyl groups is 1. The van der Waals surface area contributed by atoms with Crippen molar-refractivity contribution in [3.63, 3.8) is 0 Å². The second-order valence-corrected chi connectivity index (χ2v) is 6.02. The summed E-state index contributed by atoms with van der Waals surface area (Å²) in [6.07, 6.45) is 4.30. The SMILES string of the molecule is BrC1CC2CC1O2.O=C(O)CCc1cccc(O)c1. The third kappa shape index (κ3) is 4.21. The van der Waals surface area contributed by atoms with Gasteiger partial charge in [0.2, 0.25) is 0 Å². The van der Waals surface area contributed by atoms with E-state index in [9.17, 15) is 4.79 Å². The molecule has 0 spiro atoms. The molecule has 5 heteroatoms. The van der Waals surface area contributed by atoms with Crippen LogP contribution < -0.4 is 0 Å². The van der Waals surface area contributed by atoms with Gasteiger partial charge in [-0.15, -0.1) is 0 Å². The number of aryl methyl sites for hydroxylation is 1. The van der Waals surface area contributed by atoms with E-state index < -0.39 is 5.97 Å². The lowest BCUT2D eigenvalue weighted by atomic mass is 10.1. The van der Waals surface area contributed by atoms with Crippen molar-refractivity contribution in [1.82, 2.24) is 0 Å². The average molecular weight is 329 g/mol. The van der Waals surface area contributed by atoms with Crippen LogP contribution in [0.4, 0.5) is 0 Å². The van der Waals surface area contributed by atoms with Crippen molar-refractivity contribution in [3.05, 3.63) is 29.8 Å². The minimum Gasteiger partial charge on any atom is -0.508 e. The molecule has 2 aliphatic heterocycles. The van der Waals surface area contributed by atoms with Crippen LogP contribution in [0, 0.1) is 0 Å². The Morgan fingerprint density at radius 1 is 1.42 bits per heavy atom. The first-order chi connectivity index (χ1) is 9.04. The van der Waals surface area contributed by atoms with Crippen molar-refractivity contribution in [2.24, 2.45) is 0 Å². The second kappa shape index (κ2) is 6.39. The van der Waals surface area contributed by atoms with Gasteiger partial charge in [0.25, 0.3) is 0 Å². The summed E-state index contributed by atoms with van der Waals surface area (Å²) in [5, 5.41) is 17.4. The largest absolute Gasteiger partial charge is 0.508 e. The summed E-state index contributed by atoms with van der Waals surface area (Å²) < 4.78 is 5.32. The van der Waals surface area contributed by atoms with E-state index in [1.165, 1.54) is 12.8 Å². The number of carboxylic acids is 1. The fourth-order valence-electron chi connectivity index (χ4n) is 2.25. The molecular weight excluding hydrogens is 312 g/mol. The molecule has 1 aromatic rings. The maximum Gasteiger partial charge on any atom is 0.303 e. The first-order valence-electron chi connectivity index (χ1n) is 6.34. The lowest BCUT2D eigenvalue weighted by Crippen LogP contribution is -2.28. The third-order valence-electron chi connectivity index (χ3n) is 3.29. The average Bonchev–Trinajstić information content (AvgIpc) is 2.84. The number of rotatable bonds is 3. The summed E-state index contributed by atoms with van der Waals surface area (Å²) in [6.45, 7) is 0. The minimum atomic E-state index is -0.821. The number of ether oxygens (including phenoxy) is 1. The molecule has 0 radical (unpaired) electrons. The zero-order valence-electron chi connectivity index (χ0n) is 10.5. The number of hydrogen-bond acceptors (Lipinski definition) is 3. The molecular formula is C14H17BrO4. The second-order valence-electron chi connectivity index (χ2n) is 4.85. The van der Waals surface area contributed by atoms with E-state index in [4.69, 9.17) is 14.9 Å². The molecule has 1 aromatic carbocycles. The normalized spacial score (nSPS) is 27.1. The Bertz CT molecular complexity index is 443. The van der Waals surface area contributed by atoms with Gasteiger partial charge in [-0.3, -0.25) is 4.79 Å². The van der Waals surface area contributed by atoms with E-state index in [1.54, 1.807) is 24.3 Å². The third-order valence-corrected chi connectivity index (χ3v) is 4.26. The highest BCUT2D eigenvalue weighted by molar-refractivity contribution is 9.09. The number of phenolic OH excluding ortho intramolecular Hbond substituents is 1. The van der Waals surface area contributed by atoms with Crippen molar-refractivity contribution < 1.29 is 19.7 Å². The molecule has 2 heterocycles. The van der Waals surface area contributed by atoms with Crippen LogP contribution in [0.1, 0.15) is 24.8 Å². The van der Waals surface area contributed by atoms with Crippen LogP contribution in [0.25, 0.3) is 0 Å². The van der Waals surface area contributed by atoms with Crippen LogP contribution in [0.5, 0.6) is 5.75 Å². The minimum absolute atomic E-state index is 0.101. The first-order valence-corrected chi connectivity index (χ1v) is 7.25. The molecule has 3 unspecified atom stereocenters. The molecule has 0 aromatic heterocycles. The number of benzene rings is 1. The Hall–Kier alpha value is -1.07. The molecule has 19 heavy (non-hydrogen) atoms. The van der Waals surface area contributed by atoms with Gasteiger partial charge in [0, 0.05) is 17.7 Å². The Balaban J connectivity index is 0.000000159. The number of aliphatic carboxylic acids is 1. The van der Waals surface area contributed by atoms with Crippen LogP contribution >= 0.6 is 15.9 Å². The van der Waals surface area contributed by atoms with Gasteiger partial charge < -0.3 is 14.9 Å². The van der Waals surface area contributed by atoms with Gasteiger partial charge >= 0.3 is 5.97 Å². The van der Waals surface area contributed by atoms with Gasteiger partial charge in [0.15, 0.2) is 0 Å². The zero-order chi connectivity index (χ0) is 13.8. The molecule has 1 saturated carbocycles. The quantitative estimate of drug-likeness (QED) is 0.837. The molecule has 4 rings (SSSR count). The van der Waals surface area contributed by atoms with E-state index in [2.05, 4.69) is 15.9 Å². The maximum absolute atomic E-state index is 10.2. The molecule has 3 fully saturated rings. The number of hydrogen-bond donors (Lipinski definition) is 2. The monoisotopic (exact) mass is 328 g/mol. The predicted octanol–water partition coefficient (Wildman–Crippen LogP) is 2.72. The van der Waals surface area contributed by atoms with Crippen molar-refractivity contribution >= 4 is 21.9 Å². The lowest BCUT2D eigenvalue weighted by molar-refractivity contribution is -0.136. The van der Waals surface area contributed by atoms with Gasteiger partial charge in [0.05, 0.1) is 12.2 Å². The van der Waals surface area contributed by atoms with Crippen LogP contribution in [0.3, 0.4) is 0 Å². The van der Waals surface area contributed by atoms with Crippen molar-refractivity contribution in [2.45, 2.75) is 42.7 Å². The highest BCUT2D eigenvalue weighted by atomic mass is 79.9. The standard InChI is InChI=1S/C9H10O3.C5H7BrO/c10-8-3-1-2-7(6-8)4-5-9(11)12;6-4-1-3-2-5(4)7-3/h1-3,6,10H,4-5H2,(H,11,12);3-5H,1-2H2. The Kier molecular flexibility index (Phi) is 4.82. The molecule has 2 N–H and O–H groups in total. The van der Waals surface area contributed by atoms with Gasteiger partial charge in [0.1, 0.15) is 5.75 Å². The van der Waals surface area contributed by atoms with Crippen molar-refractivity contribution in [3.8, 4) is 5.75 Å². The Morgan fingerprint density at radius 2 is 2.16 bits per heavy atom. The van der Waals surface area contributed by atoms with E-state index in [-0.39, 0.29) is 12.2 Å². The van der Waals surface area contributed by atoms with Gasteiger partial charge in [-0.1, -0.05) is 28.1 Å². The summed E-state index contributed by atoms with van der Waals surface area (Å²) in [5.74, 6) is -0.642. The van der Waals surface area contributed by atoms with E-state index in [0.29, 0.717) is 23.5 Å². The van der Waals surface area contributed by atoms with E-state index >= 15 is 0 Å². The Morgan fingerprint density at radius 3 is 2.58 bits per heavy atom. The fourth-order valence-corrected chi connectivity index (χ4v) is 3.00. The highest BCUT2D eigenvalue weighted by Crippen LogP contribution is 2.40. The number of fused-ring (bicyclic) bond motifs is 1. The summed E-state index contributed by atoms with van der Waals surface area (Å²) in [7, 11) is 0. The summed E-state index contributed by atoms with van der Waals surface area (Å²) in [4.78, 5) is 10.9. The molecule has 104 valence electrons. The maximum atomic E-state index is 10.2. The molecule has 2 saturated heterocycles. The first kappa shape index (κ1) is 14.3. The molecule has 3 aliphatic rings. The molecule has 1 aliphatic carbocycles. The van der Waals surface area contributed by atoms with Gasteiger partial charge in [-0.25, -0.2) is 0 Å². The predicted molar refractivity (Wildman–Crippen MR) is 74.7 cm³/mol. The molecule has 4 nitrogen and oxygen atoms in total. The van der Waals surface area contributed by atoms with Crippen molar-refractivity contribution in [1.29, 1.82) is 0 Å². The summed E-state index contributed by atoms with van der Waals surface area (Å²) in [5.41, 5.74) is 0.845. The smallest absolute Gasteiger partial charge is 0.303 e. The zero-order valence-corrected chi connectivity index (χ0v) is 12.0. The molecule has 2 bridgehead atoms. The lowest BCUT2D eigenvalue weighted by Gasteiger charge is -2.24. The van der Waals surface area contributed by atoms with Crippen LogP contribution in [-0.4, -0.2) is 33.2 Å². The fraction of sp³-hybridized carbons (Fsp3) is 0.500. The highest BCUT2D eigenvalue weighted by Gasteiger charge is 2.44. The van der Waals surface area contributed by atoms with E-state index in [0.717, 1.165) is 5.56 Å². The van der Waals surface area contributed by atoms with Crippen LogP contribution in [0.15, 0.2) is 24.3 Å².